The van der Waals surface area contributed by atoms with Crippen molar-refractivity contribution >= 4 is 17.4 Å². The van der Waals surface area contributed by atoms with Gasteiger partial charge in [0, 0.05) is 10.6 Å². The second-order valence-electron chi connectivity index (χ2n) is 3.86. The summed E-state index contributed by atoms with van der Waals surface area (Å²) in [5, 5.41) is 9.35. The zero-order valence-electron chi connectivity index (χ0n) is 10.1. The molecule has 0 bridgehead atoms. The number of methoxy groups -OCH3 is 1. The maximum absolute atomic E-state index is 9.35. The van der Waals surface area contributed by atoms with Crippen molar-refractivity contribution in [1.29, 1.82) is 0 Å². The van der Waals surface area contributed by atoms with Gasteiger partial charge in [0.15, 0.2) is 0 Å². The van der Waals surface area contributed by atoms with Gasteiger partial charge in [-0.05, 0) is 35.9 Å². The summed E-state index contributed by atoms with van der Waals surface area (Å²) in [5.74, 6) is 1.79. The number of aromatic hydroxyl groups is 1. The number of phenols is 1. The first-order valence-corrected chi connectivity index (χ1v) is 6.52. The van der Waals surface area contributed by atoms with E-state index < -0.39 is 0 Å². The number of nitrogens with two attached hydrogens (primary N) is 1. The zero-order valence-corrected chi connectivity index (χ0v) is 10.9. The van der Waals surface area contributed by atoms with Gasteiger partial charge in [-0.2, -0.15) is 0 Å². The minimum atomic E-state index is 0.130. The summed E-state index contributed by atoms with van der Waals surface area (Å²) < 4.78 is 5.18. The predicted molar refractivity (Wildman–Crippen MR) is 75.1 cm³/mol. The summed E-state index contributed by atoms with van der Waals surface area (Å²) in [6.45, 7) is 0. The van der Waals surface area contributed by atoms with E-state index in [2.05, 4.69) is 0 Å². The van der Waals surface area contributed by atoms with Gasteiger partial charge < -0.3 is 15.6 Å². The molecule has 0 unspecified atom stereocenters. The van der Waals surface area contributed by atoms with Crippen molar-refractivity contribution in [3.8, 4) is 11.5 Å². The molecule has 2 aromatic carbocycles. The Balaban J connectivity index is 2.04. The summed E-state index contributed by atoms with van der Waals surface area (Å²) in [5.41, 5.74) is 7.15. The second kappa shape index (κ2) is 5.69. The molecule has 0 aromatic heterocycles. The predicted octanol–water partition coefficient (Wildman–Crippen LogP) is 3.28. The van der Waals surface area contributed by atoms with Gasteiger partial charge in [0.2, 0.25) is 0 Å². The van der Waals surface area contributed by atoms with Crippen LogP contribution in [0.15, 0.2) is 47.4 Å². The van der Waals surface area contributed by atoms with Crippen LogP contribution in [-0.2, 0) is 5.75 Å². The third-order valence-corrected chi connectivity index (χ3v) is 3.60. The van der Waals surface area contributed by atoms with E-state index in [1.54, 1.807) is 31.0 Å². The molecule has 2 rings (SSSR count). The second-order valence-corrected chi connectivity index (χ2v) is 4.91. The van der Waals surface area contributed by atoms with Crippen LogP contribution in [0, 0.1) is 0 Å². The van der Waals surface area contributed by atoms with E-state index in [4.69, 9.17) is 10.5 Å². The number of nitrogen functional groups attached to an aromatic ring is 1. The lowest BCUT2D eigenvalue weighted by Crippen LogP contribution is -1.88. The first-order valence-electron chi connectivity index (χ1n) is 5.53. The van der Waals surface area contributed by atoms with Crippen molar-refractivity contribution in [3.05, 3.63) is 48.0 Å². The zero-order chi connectivity index (χ0) is 13.0. The molecule has 0 heterocycles. The third kappa shape index (κ3) is 3.11. The van der Waals surface area contributed by atoms with Crippen molar-refractivity contribution in [1.82, 2.24) is 0 Å². The fraction of sp³-hybridized carbons (Fsp3) is 0.143. The van der Waals surface area contributed by atoms with E-state index in [9.17, 15) is 5.11 Å². The average Bonchev–Trinajstić information content (AvgIpc) is 2.40. The fourth-order valence-corrected chi connectivity index (χ4v) is 2.44. The van der Waals surface area contributed by atoms with Crippen LogP contribution in [-0.4, -0.2) is 12.2 Å². The standard InChI is InChI=1S/C14H15NO2S/c1-17-11-3-2-4-12(8-11)18-9-10-5-6-14(16)13(15)7-10/h2-8,16H,9,15H2,1H3. The summed E-state index contributed by atoms with van der Waals surface area (Å²) in [6.07, 6.45) is 0. The number of hydrogen-bond acceptors (Lipinski definition) is 4. The summed E-state index contributed by atoms with van der Waals surface area (Å²) >= 11 is 1.70. The Kier molecular flexibility index (Phi) is 3.99. The molecule has 0 atom stereocenters. The van der Waals surface area contributed by atoms with Crippen LogP contribution < -0.4 is 10.5 Å². The number of phenolic OH excluding ortho intramolecular Hbond substituents is 1. The Hall–Kier alpha value is -1.81. The molecule has 3 N–H and O–H groups in total. The molecule has 0 fully saturated rings. The van der Waals surface area contributed by atoms with E-state index in [-0.39, 0.29) is 5.75 Å². The van der Waals surface area contributed by atoms with E-state index >= 15 is 0 Å². The molecular weight excluding hydrogens is 246 g/mol. The molecule has 0 spiro atoms. The molecule has 0 aliphatic heterocycles. The number of rotatable bonds is 4. The Morgan fingerprint density at radius 2 is 2.06 bits per heavy atom. The van der Waals surface area contributed by atoms with Gasteiger partial charge in [-0.3, -0.25) is 0 Å². The highest BCUT2D eigenvalue weighted by Gasteiger charge is 2.01. The molecule has 0 saturated carbocycles. The third-order valence-electron chi connectivity index (χ3n) is 2.54. The number of thioether (sulfide) groups is 1. The highest BCUT2D eigenvalue weighted by molar-refractivity contribution is 7.98. The Morgan fingerprint density at radius 1 is 1.22 bits per heavy atom. The van der Waals surface area contributed by atoms with Crippen LogP contribution in [0.5, 0.6) is 11.5 Å². The maximum atomic E-state index is 9.35. The van der Waals surface area contributed by atoms with Crippen LogP contribution in [0.2, 0.25) is 0 Å². The van der Waals surface area contributed by atoms with E-state index in [1.807, 2.05) is 30.3 Å². The molecule has 2 aromatic rings. The molecule has 3 nitrogen and oxygen atoms in total. The highest BCUT2D eigenvalue weighted by Crippen LogP contribution is 2.28. The van der Waals surface area contributed by atoms with E-state index in [1.165, 1.54) is 0 Å². The van der Waals surface area contributed by atoms with Gasteiger partial charge in [0.25, 0.3) is 0 Å². The van der Waals surface area contributed by atoms with Gasteiger partial charge in [-0.25, -0.2) is 0 Å². The molecule has 0 radical (unpaired) electrons. The fourth-order valence-electron chi connectivity index (χ4n) is 1.55. The highest BCUT2D eigenvalue weighted by atomic mass is 32.2. The maximum Gasteiger partial charge on any atom is 0.138 e. The SMILES string of the molecule is COc1cccc(SCc2ccc(O)c(N)c2)c1. The lowest BCUT2D eigenvalue weighted by molar-refractivity contribution is 0.413. The molecule has 94 valence electrons. The monoisotopic (exact) mass is 261 g/mol. The molecule has 18 heavy (non-hydrogen) atoms. The molecule has 0 amide bonds. The van der Waals surface area contributed by atoms with E-state index in [0.717, 1.165) is 22.0 Å². The molecule has 4 heteroatoms. The van der Waals surface area contributed by atoms with Crippen molar-refractivity contribution in [3.63, 3.8) is 0 Å². The molecular formula is C14H15NO2S. The smallest absolute Gasteiger partial charge is 0.138 e. The largest absolute Gasteiger partial charge is 0.506 e. The minimum Gasteiger partial charge on any atom is -0.506 e. The number of hydrogen-bond donors (Lipinski definition) is 2. The van der Waals surface area contributed by atoms with Crippen molar-refractivity contribution in [2.24, 2.45) is 0 Å². The lowest BCUT2D eigenvalue weighted by Gasteiger charge is -2.06. The lowest BCUT2D eigenvalue weighted by atomic mass is 10.2. The van der Waals surface area contributed by atoms with Crippen LogP contribution in [0.1, 0.15) is 5.56 Å². The Labute approximate surface area is 111 Å². The average molecular weight is 261 g/mol. The van der Waals surface area contributed by atoms with Gasteiger partial charge in [-0.15, -0.1) is 11.8 Å². The van der Waals surface area contributed by atoms with E-state index in [0.29, 0.717) is 5.69 Å². The quantitative estimate of drug-likeness (QED) is 0.504. The van der Waals surface area contributed by atoms with Crippen molar-refractivity contribution in [2.45, 2.75) is 10.6 Å². The normalized spacial score (nSPS) is 10.3. The number of ether oxygens (including phenoxy) is 1. The topological polar surface area (TPSA) is 55.5 Å². The Morgan fingerprint density at radius 3 is 2.78 bits per heavy atom. The van der Waals surface area contributed by atoms with Crippen molar-refractivity contribution < 1.29 is 9.84 Å². The number of anilines is 1. The van der Waals surface area contributed by atoms with Gasteiger partial charge in [0.1, 0.15) is 11.5 Å². The molecule has 0 aliphatic carbocycles. The van der Waals surface area contributed by atoms with Crippen molar-refractivity contribution in [2.75, 3.05) is 12.8 Å². The van der Waals surface area contributed by atoms with Crippen LogP contribution in [0.3, 0.4) is 0 Å². The minimum absolute atomic E-state index is 0.130. The van der Waals surface area contributed by atoms with Crippen LogP contribution >= 0.6 is 11.8 Å². The first kappa shape index (κ1) is 12.6. The van der Waals surface area contributed by atoms with Gasteiger partial charge in [-0.1, -0.05) is 12.1 Å². The van der Waals surface area contributed by atoms with Crippen LogP contribution in [0.25, 0.3) is 0 Å². The summed E-state index contributed by atoms with van der Waals surface area (Å²) in [6, 6.07) is 13.2. The van der Waals surface area contributed by atoms with Gasteiger partial charge in [0.05, 0.1) is 12.8 Å². The summed E-state index contributed by atoms with van der Waals surface area (Å²) in [7, 11) is 1.66. The number of benzene rings is 2. The first-order chi connectivity index (χ1) is 8.69. The molecule has 0 aliphatic rings. The van der Waals surface area contributed by atoms with Gasteiger partial charge >= 0.3 is 0 Å². The Bertz CT molecular complexity index is 543. The van der Waals surface area contributed by atoms with Crippen LogP contribution in [0.4, 0.5) is 5.69 Å². The molecule has 0 saturated heterocycles. The summed E-state index contributed by atoms with van der Waals surface area (Å²) in [4.78, 5) is 1.14.